The molecule has 0 unspecified atom stereocenters. The first-order chi connectivity index (χ1) is 16.1. The highest BCUT2D eigenvalue weighted by Gasteiger charge is 2.27. The molecule has 1 atom stereocenters. The molecule has 4 rings (SSSR count). The number of carbonyl (C=O) groups is 1. The lowest BCUT2D eigenvalue weighted by Gasteiger charge is -2.31. The van der Waals surface area contributed by atoms with Gasteiger partial charge in [0.05, 0.1) is 26.8 Å². The molecule has 2 heterocycles. The van der Waals surface area contributed by atoms with Crippen molar-refractivity contribution >= 4 is 5.91 Å². The van der Waals surface area contributed by atoms with Gasteiger partial charge < -0.3 is 19.3 Å². The summed E-state index contributed by atoms with van der Waals surface area (Å²) in [5, 5.41) is 7.23. The molecule has 174 valence electrons. The number of amides is 1. The second kappa shape index (κ2) is 10.5. The molecule has 1 aliphatic heterocycles. The van der Waals surface area contributed by atoms with Crippen LogP contribution in [-0.2, 0) is 11.3 Å². The number of ether oxygens (including phenoxy) is 2. The third-order valence-corrected chi connectivity index (χ3v) is 6.08. The lowest BCUT2D eigenvalue weighted by atomic mass is 9.95. The molecule has 0 radical (unpaired) electrons. The maximum Gasteiger partial charge on any atom is 0.241 e. The Morgan fingerprint density at radius 1 is 1.12 bits per heavy atom. The molecule has 8 heteroatoms. The predicted octanol–water partition coefficient (Wildman–Crippen LogP) is 3.84. The minimum atomic E-state index is -0.120. The monoisotopic (exact) mass is 450 g/mol. The van der Waals surface area contributed by atoms with Gasteiger partial charge in [-0.15, -0.1) is 0 Å². The Morgan fingerprint density at radius 2 is 1.85 bits per heavy atom. The number of likely N-dealkylation sites (tertiary alicyclic amines) is 1. The van der Waals surface area contributed by atoms with Crippen LogP contribution < -0.4 is 14.8 Å². The number of piperidine rings is 1. The molecular weight excluding hydrogens is 420 g/mol. The average molecular weight is 451 g/mol. The zero-order valence-corrected chi connectivity index (χ0v) is 19.3. The largest absolute Gasteiger partial charge is 0.493 e. The molecule has 0 aliphatic carbocycles. The van der Waals surface area contributed by atoms with E-state index in [2.05, 4.69) is 20.4 Å². The summed E-state index contributed by atoms with van der Waals surface area (Å²) >= 11 is 0. The zero-order valence-electron chi connectivity index (χ0n) is 19.3. The van der Waals surface area contributed by atoms with Crippen molar-refractivity contribution < 1.29 is 18.8 Å². The first-order valence-corrected chi connectivity index (χ1v) is 11.2. The summed E-state index contributed by atoms with van der Waals surface area (Å²) in [6.07, 6.45) is 1.59. The van der Waals surface area contributed by atoms with Gasteiger partial charge in [0.15, 0.2) is 11.5 Å². The zero-order chi connectivity index (χ0) is 23.2. The molecule has 1 amide bonds. The summed E-state index contributed by atoms with van der Waals surface area (Å²) < 4.78 is 16.1. The van der Waals surface area contributed by atoms with Crippen LogP contribution in [0.5, 0.6) is 11.5 Å². The summed E-state index contributed by atoms with van der Waals surface area (Å²) in [4.78, 5) is 19.6. The van der Waals surface area contributed by atoms with E-state index in [9.17, 15) is 4.79 Å². The molecule has 0 bridgehead atoms. The Bertz CT molecular complexity index is 1060. The summed E-state index contributed by atoms with van der Waals surface area (Å²) in [6.45, 7) is 4.20. The first kappa shape index (κ1) is 22.8. The number of nitrogens with zero attached hydrogens (tertiary/aromatic N) is 3. The average Bonchev–Trinajstić information content (AvgIpc) is 3.33. The normalized spacial score (nSPS) is 15.7. The smallest absolute Gasteiger partial charge is 0.241 e. The van der Waals surface area contributed by atoms with Gasteiger partial charge in [-0.25, -0.2) is 0 Å². The number of hydrogen-bond donors (Lipinski definition) is 1. The van der Waals surface area contributed by atoms with E-state index < -0.39 is 0 Å². The fourth-order valence-electron chi connectivity index (χ4n) is 4.10. The molecule has 1 aliphatic rings. The molecule has 3 aromatic rings. The summed E-state index contributed by atoms with van der Waals surface area (Å²) in [6, 6.07) is 15.4. The lowest BCUT2D eigenvalue weighted by Crippen LogP contribution is -2.40. The van der Waals surface area contributed by atoms with Crippen LogP contribution in [0.15, 0.2) is 53.1 Å². The van der Waals surface area contributed by atoms with E-state index >= 15 is 0 Å². The van der Waals surface area contributed by atoms with Gasteiger partial charge in [-0.1, -0.05) is 41.6 Å². The van der Waals surface area contributed by atoms with Gasteiger partial charge in [-0.2, -0.15) is 4.98 Å². The quantitative estimate of drug-likeness (QED) is 0.558. The van der Waals surface area contributed by atoms with Crippen molar-refractivity contribution in [2.45, 2.75) is 32.4 Å². The standard InChI is InChI=1S/C25H30N4O4/c1-17(20-9-10-21(31-2)22(15-20)32-3)26-25(30)19-11-13-29(14-12-19)16-23-27-24(28-33-23)18-7-5-4-6-8-18/h4-10,15,17,19H,11-14,16H2,1-3H3,(H,26,30)/t17-/m1/s1. The molecule has 1 saturated heterocycles. The summed E-state index contributed by atoms with van der Waals surface area (Å²) in [5.74, 6) is 2.60. The number of benzene rings is 2. The fraction of sp³-hybridized carbons (Fsp3) is 0.400. The Balaban J connectivity index is 1.27. The van der Waals surface area contributed by atoms with Crippen molar-refractivity contribution in [1.29, 1.82) is 0 Å². The molecule has 1 aromatic heterocycles. The minimum absolute atomic E-state index is 0.00795. The maximum absolute atomic E-state index is 12.9. The van der Waals surface area contributed by atoms with Crippen LogP contribution in [0.1, 0.15) is 37.3 Å². The van der Waals surface area contributed by atoms with Gasteiger partial charge in [-0.05, 0) is 50.6 Å². The Hall–Kier alpha value is -3.39. The van der Waals surface area contributed by atoms with E-state index in [-0.39, 0.29) is 17.9 Å². The van der Waals surface area contributed by atoms with Crippen LogP contribution in [-0.4, -0.2) is 48.3 Å². The van der Waals surface area contributed by atoms with Crippen LogP contribution in [0.25, 0.3) is 11.4 Å². The topological polar surface area (TPSA) is 89.7 Å². The molecule has 1 fully saturated rings. The number of hydrogen-bond acceptors (Lipinski definition) is 7. The number of methoxy groups -OCH3 is 2. The minimum Gasteiger partial charge on any atom is -0.493 e. The molecule has 0 saturated carbocycles. The highest BCUT2D eigenvalue weighted by molar-refractivity contribution is 5.79. The number of nitrogens with one attached hydrogen (secondary N) is 1. The highest BCUT2D eigenvalue weighted by Crippen LogP contribution is 2.30. The van der Waals surface area contributed by atoms with E-state index in [1.54, 1.807) is 14.2 Å². The number of rotatable bonds is 8. The summed E-state index contributed by atoms with van der Waals surface area (Å²) in [7, 11) is 3.21. The van der Waals surface area contributed by atoms with Gasteiger partial charge in [0, 0.05) is 11.5 Å². The summed E-state index contributed by atoms with van der Waals surface area (Å²) in [5.41, 5.74) is 1.91. The molecule has 0 spiro atoms. The second-order valence-corrected chi connectivity index (χ2v) is 8.27. The van der Waals surface area contributed by atoms with Crippen molar-refractivity contribution in [2.24, 2.45) is 5.92 Å². The van der Waals surface area contributed by atoms with Crippen LogP contribution in [0.4, 0.5) is 0 Å². The van der Waals surface area contributed by atoms with E-state index in [0.717, 1.165) is 37.1 Å². The van der Waals surface area contributed by atoms with E-state index in [0.29, 0.717) is 29.8 Å². The maximum atomic E-state index is 12.9. The van der Waals surface area contributed by atoms with Gasteiger partial charge in [0.1, 0.15) is 0 Å². The third-order valence-electron chi connectivity index (χ3n) is 6.08. The van der Waals surface area contributed by atoms with Gasteiger partial charge in [0.2, 0.25) is 17.6 Å². The fourth-order valence-corrected chi connectivity index (χ4v) is 4.10. The van der Waals surface area contributed by atoms with E-state index in [1.807, 2.05) is 55.5 Å². The SMILES string of the molecule is COc1ccc([C@@H](C)NC(=O)C2CCN(Cc3nc(-c4ccccc4)no3)CC2)cc1OC. The second-order valence-electron chi connectivity index (χ2n) is 8.27. The van der Waals surface area contributed by atoms with Crippen LogP contribution in [0.3, 0.4) is 0 Å². The highest BCUT2D eigenvalue weighted by atomic mass is 16.5. The molecular formula is C25H30N4O4. The van der Waals surface area contributed by atoms with Crippen LogP contribution >= 0.6 is 0 Å². The van der Waals surface area contributed by atoms with Crippen molar-refractivity contribution in [2.75, 3.05) is 27.3 Å². The van der Waals surface area contributed by atoms with Crippen molar-refractivity contribution in [1.82, 2.24) is 20.4 Å². The Morgan fingerprint density at radius 3 is 2.55 bits per heavy atom. The van der Waals surface area contributed by atoms with Crippen molar-refractivity contribution in [3.63, 3.8) is 0 Å². The third kappa shape index (κ3) is 5.51. The van der Waals surface area contributed by atoms with Crippen molar-refractivity contribution in [3.05, 3.63) is 60.0 Å². The van der Waals surface area contributed by atoms with Crippen molar-refractivity contribution in [3.8, 4) is 22.9 Å². The number of carbonyl (C=O) groups excluding carboxylic acids is 1. The van der Waals surface area contributed by atoms with Crippen LogP contribution in [0.2, 0.25) is 0 Å². The molecule has 2 aromatic carbocycles. The van der Waals surface area contributed by atoms with E-state index in [4.69, 9.17) is 14.0 Å². The Kier molecular flexibility index (Phi) is 7.24. The molecule has 1 N–H and O–H groups in total. The van der Waals surface area contributed by atoms with Gasteiger partial charge in [-0.3, -0.25) is 9.69 Å². The number of aromatic nitrogens is 2. The van der Waals surface area contributed by atoms with Gasteiger partial charge >= 0.3 is 0 Å². The molecule has 8 nitrogen and oxygen atoms in total. The lowest BCUT2D eigenvalue weighted by molar-refractivity contribution is -0.127. The predicted molar refractivity (Wildman–Crippen MR) is 124 cm³/mol. The Labute approximate surface area is 193 Å². The molecule has 33 heavy (non-hydrogen) atoms. The van der Waals surface area contributed by atoms with Crippen LogP contribution in [0, 0.1) is 5.92 Å². The first-order valence-electron chi connectivity index (χ1n) is 11.2. The van der Waals surface area contributed by atoms with Gasteiger partial charge in [0.25, 0.3) is 0 Å². The van der Waals surface area contributed by atoms with E-state index in [1.165, 1.54) is 0 Å².